The van der Waals surface area contributed by atoms with Crippen LogP contribution in [0.4, 0.5) is 0 Å². The SMILES string of the molecule is CC(C)(C)Oc1cc(Sc2cc(OC(C)(C)C)c(O)c(OC(C)(C)C)c2OC(C)(C)C)c(OC(C)(C)C)c(OC(C)(C)C)c1O. The quantitative estimate of drug-likeness (QED) is 0.289. The summed E-state index contributed by atoms with van der Waals surface area (Å²) >= 11 is 1.31. The number of benzene rings is 2. The molecule has 0 aliphatic heterocycles. The van der Waals surface area contributed by atoms with Gasteiger partial charge in [0.2, 0.25) is 23.0 Å². The van der Waals surface area contributed by atoms with Crippen LogP contribution in [0.2, 0.25) is 0 Å². The Bertz CT molecular complexity index is 1240. The first-order chi connectivity index (χ1) is 19.8. The highest BCUT2D eigenvalue weighted by Crippen LogP contribution is 2.58. The third kappa shape index (κ3) is 12.5. The zero-order valence-electron chi connectivity index (χ0n) is 30.9. The van der Waals surface area contributed by atoms with Crippen molar-refractivity contribution in [3.8, 4) is 46.0 Å². The van der Waals surface area contributed by atoms with Gasteiger partial charge in [0.1, 0.15) is 33.6 Å². The smallest absolute Gasteiger partial charge is 0.209 e. The van der Waals surface area contributed by atoms with E-state index in [0.29, 0.717) is 21.3 Å². The summed E-state index contributed by atoms with van der Waals surface area (Å²) in [5, 5.41) is 23.1. The van der Waals surface area contributed by atoms with Crippen molar-refractivity contribution in [3.63, 3.8) is 0 Å². The maximum Gasteiger partial charge on any atom is 0.209 e. The zero-order valence-corrected chi connectivity index (χ0v) is 31.7. The van der Waals surface area contributed by atoms with Crippen molar-refractivity contribution >= 4 is 11.8 Å². The van der Waals surface area contributed by atoms with E-state index in [1.807, 2.05) is 125 Å². The molecular weight excluding hydrogens is 592 g/mol. The molecule has 45 heavy (non-hydrogen) atoms. The second-order valence-electron chi connectivity index (χ2n) is 17.1. The van der Waals surface area contributed by atoms with Gasteiger partial charge in [-0.3, -0.25) is 0 Å². The minimum Gasteiger partial charge on any atom is -0.502 e. The van der Waals surface area contributed by atoms with Crippen LogP contribution in [0.25, 0.3) is 0 Å². The van der Waals surface area contributed by atoms with Crippen LogP contribution >= 0.6 is 11.8 Å². The van der Waals surface area contributed by atoms with Crippen molar-refractivity contribution in [1.29, 1.82) is 0 Å². The Labute approximate surface area is 276 Å². The molecule has 0 aliphatic rings. The van der Waals surface area contributed by atoms with E-state index in [4.69, 9.17) is 28.4 Å². The molecule has 8 nitrogen and oxygen atoms in total. The molecule has 0 saturated heterocycles. The molecule has 0 radical (unpaired) electrons. The Morgan fingerprint density at radius 3 is 0.822 bits per heavy atom. The molecule has 2 N–H and O–H groups in total. The van der Waals surface area contributed by atoms with E-state index in [1.54, 1.807) is 12.1 Å². The van der Waals surface area contributed by atoms with E-state index in [1.165, 1.54) is 11.8 Å². The van der Waals surface area contributed by atoms with Gasteiger partial charge in [-0.1, -0.05) is 11.8 Å². The molecular formula is C36H58O8S. The summed E-state index contributed by atoms with van der Waals surface area (Å²) < 4.78 is 38.2. The summed E-state index contributed by atoms with van der Waals surface area (Å²) in [5.41, 5.74) is -3.88. The van der Waals surface area contributed by atoms with Crippen LogP contribution in [0, 0.1) is 0 Å². The molecule has 0 spiro atoms. The molecule has 0 atom stereocenters. The second-order valence-corrected chi connectivity index (χ2v) is 18.2. The lowest BCUT2D eigenvalue weighted by atomic mass is 10.1. The van der Waals surface area contributed by atoms with E-state index < -0.39 is 33.6 Å². The second kappa shape index (κ2) is 12.8. The molecule has 2 aromatic carbocycles. The van der Waals surface area contributed by atoms with Gasteiger partial charge in [-0.05, 0) is 125 Å². The first-order valence-electron chi connectivity index (χ1n) is 15.5. The monoisotopic (exact) mass is 650 g/mol. The van der Waals surface area contributed by atoms with Gasteiger partial charge < -0.3 is 38.6 Å². The van der Waals surface area contributed by atoms with Crippen LogP contribution in [-0.2, 0) is 0 Å². The molecule has 2 aromatic rings. The number of rotatable bonds is 8. The predicted octanol–water partition coefficient (Wildman–Crippen LogP) is 10.3. The summed E-state index contributed by atoms with van der Waals surface area (Å²) in [6, 6.07) is 3.48. The van der Waals surface area contributed by atoms with Crippen molar-refractivity contribution in [2.75, 3.05) is 0 Å². The summed E-state index contributed by atoms with van der Waals surface area (Å²) in [7, 11) is 0. The highest BCUT2D eigenvalue weighted by molar-refractivity contribution is 7.99. The predicted molar refractivity (Wildman–Crippen MR) is 183 cm³/mol. The van der Waals surface area contributed by atoms with Gasteiger partial charge in [-0.15, -0.1) is 0 Å². The Hall–Kier alpha value is -2.81. The average Bonchev–Trinajstić information content (AvgIpc) is 2.74. The fourth-order valence-electron chi connectivity index (χ4n) is 3.86. The number of hydrogen-bond donors (Lipinski definition) is 2. The Kier molecular flexibility index (Phi) is 10.9. The lowest BCUT2D eigenvalue weighted by Crippen LogP contribution is -2.28. The lowest BCUT2D eigenvalue weighted by molar-refractivity contribution is 0.0838. The Balaban J connectivity index is 3.10. The van der Waals surface area contributed by atoms with Crippen LogP contribution in [0.3, 0.4) is 0 Å². The molecule has 0 unspecified atom stereocenters. The van der Waals surface area contributed by atoms with Gasteiger partial charge in [-0.2, -0.15) is 0 Å². The summed E-state index contributed by atoms with van der Waals surface area (Å²) in [5.74, 6) is 1.16. The number of aromatic hydroxyl groups is 2. The standard InChI is InChI=1S/C36H58O8S/c1-31(2,3)39-21-19-23(27(41-33(7,8)9)29(25(21)37)43-35(13,14)15)45-24-20-22(40-32(4,5)6)26(38)30(44-36(16,17)18)28(24)42-34(10,11)12/h19-20,37-38H,1-18H3. The number of hydrogen-bond acceptors (Lipinski definition) is 9. The van der Waals surface area contributed by atoms with E-state index in [2.05, 4.69) is 0 Å². The molecule has 0 aliphatic carbocycles. The topological polar surface area (TPSA) is 95.8 Å². The van der Waals surface area contributed by atoms with E-state index in [-0.39, 0.29) is 34.5 Å². The van der Waals surface area contributed by atoms with Crippen LogP contribution in [0.15, 0.2) is 21.9 Å². The maximum absolute atomic E-state index is 11.5. The summed E-state index contributed by atoms with van der Waals surface area (Å²) in [6.45, 7) is 34.4. The molecule has 256 valence electrons. The third-order valence-corrected chi connectivity index (χ3v) is 6.01. The van der Waals surface area contributed by atoms with Crippen LogP contribution in [0.1, 0.15) is 125 Å². The number of phenolic OH excluding ortho intramolecular Hbond substituents is 2. The van der Waals surface area contributed by atoms with Gasteiger partial charge in [0, 0.05) is 12.1 Å². The minimum absolute atomic E-state index is 0.158. The molecule has 0 bridgehead atoms. The summed E-state index contributed by atoms with van der Waals surface area (Å²) in [6.07, 6.45) is 0. The molecule has 0 aromatic heterocycles. The van der Waals surface area contributed by atoms with Crippen LogP contribution in [0.5, 0.6) is 46.0 Å². The Morgan fingerprint density at radius 2 is 0.600 bits per heavy atom. The fraction of sp³-hybridized carbons (Fsp3) is 0.667. The normalized spacial score (nSPS) is 13.4. The van der Waals surface area contributed by atoms with Crippen molar-refractivity contribution in [2.45, 2.75) is 168 Å². The highest BCUT2D eigenvalue weighted by atomic mass is 32.2. The zero-order chi connectivity index (χ0) is 35.1. The number of phenols is 2. The third-order valence-electron chi connectivity index (χ3n) is 4.97. The molecule has 0 fully saturated rings. The highest BCUT2D eigenvalue weighted by Gasteiger charge is 2.34. The number of ether oxygens (including phenoxy) is 6. The van der Waals surface area contributed by atoms with Crippen molar-refractivity contribution < 1.29 is 38.6 Å². The lowest BCUT2D eigenvalue weighted by Gasteiger charge is -2.32. The van der Waals surface area contributed by atoms with Crippen LogP contribution < -0.4 is 28.4 Å². The maximum atomic E-state index is 11.5. The van der Waals surface area contributed by atoms with E-state index >= 15 is 0 Å². The van der Waals surface area contributed by atoms with Gasteiger partial charge >= 0.3 is 0 Å². The first kappa shape index (κ1) is 38.4. The Morgan fingerprint density at radius 1 is 0.378 bits per heavy atom. The largest absolute Gasteiger partial charge is 0.502 e. The van der Waals surface area contributed by atoms with Gasteiger partial charge in [-0.25, -0.2) is 0 Å². The first-order valence-corrected chi connectivity index (χ1v) is 16.3. The van der Waals surface area contributed by atoms with Gasteiger partial charge in [0.05, 0.1) is 9.79 Å². The van der Waals surface area contributed by atoms with E-state index in [0.717, 1.165) is 0 Å². The van der Waals surface area contributed by atoms with Crippen LogP contribution in [-0.4, -0.2) is 43.8 Å². The molecule has 0 amide bonds. The molecule has 0 saturated carbocycles. The van der Waals surface area contributed by atoms with Crippen molar-refractivity contribution in [2.24, 2.45) is 0 Å². The molecule has 9 heteroatoms. The van der Waals surface area contributed by atoms with E-state index in [9.17, 15) is 10.2 Å². The summed E-state index contributed by atoms with van der Waals surface area (Å²) in [4.78, 5) is 1.18. The van der Waals surface area contributed by atoms with Gasteiger partial charge in [0.15, 0.2) is 23.0 Å². The fourth-order valence-corrected chi connectivity index (χ4v) is 4.88. The molecule has 2 rings (SSSR count). The van der Waals surface area contributed by atoms with Crippen molar-refractivity contribution in [1.82, 2.24) is 0 Å². The van der Waals surface area contributed by atoms with Crippen molar-refractivity contribution in [3.05, 3.63) is 12.1 Å². The average molecular weight is 651 g/mol. The molecule has 0 heterocycles. The minimum atomic E-state index is -0.670. The van der Waals surface area contributed by atoms with Gasteiger partial charge in [0.25, 0.3) is 0 Å².